The molecule has 0 aliphatic heterocycles. The summed E-state index contributed by atoms with van der Waals surface area (Å²) in [6, 6.07) is 4.64. The molecule has 1 fully saturated rings. The Morgan fingerprint density at radius 3 is 2.65 bits per heavy atom. The van der Waals surface area contributed by atoms with E-state index >= 15 is 0 Å². The van der Waals surface area contributed by atoms with Gasteiger partial charge < -0.3 is 5.73 Å². The Labute approximate surface area is 104 Å². The van der Waals surface area contributed by atoms with Gasteiger partial charge >= 0.3 is 0 Å². The molecule has 2 N–H and O–H groups in total. The van der Waals surface area contributed by atoms with Gasteiger partial charge in [0.05, 0.1) is 0 Å². The van der Waals surface area contributed by atoms with Gasteiger partial charge in [0.25, 0.3) is 0 Å². The first-order valence-electron chi connectivity index (χ1n) is 7.17. The van der Waals surface area contributed by atoms with Crippen molar-refractivity contribution in [3.8, 4) is 0 Å². The average molecular weight is 229 g/mol. The Balaban J connectivity index is 1.92. The second kappa shape index (κ2) is 4.36. The molecule has 17 heavy (non-hydrogen) atoms. The number of aryl methyl sites for hydroxylation is 1. The molecule has 3 rings (SSSR count). The first-order valence-corrected chi connectivity index (χ1v) is 7.17. The fourth-order valence-electron chi connectivity index (χ4n) is 3.82. The number of rotatable bonds is 2. The van der Waals surface area contributed by atoms with Crippen molar-refractivity contribution in [2.24, 2.45) is 5.92 Å². The van der Waals surface area contributed by atoms with Gasteiger partial charge in [-0.1, -0.05) is 31.9 Å². The first-order chi connectivity index (χ1) is 8.27. The van der Waals surface area contributed by atoms with Crippen molar-refractivity contribution >= 4 is 5.69 Å². The minimum Gasteiger partial charge on any atom is -0.398 e. The maximum absolute atomic E-state index is 6.40. The van der Waals surface area contributed by atoms with E-state index < -0.39 is 0 Å². The zero-order valence-corrected chi connectivity index (χ0v) is 10.8. The molecule has 0 radical (unpaired) electrons. The molecule has 2 aliphatic rings. The lowest BCUT2D eigenvalue weighted by Gasteiger charge is -2.22. The Kier molecular flexibility index (Phi) is 2.85. The topological polar surface area (TPSA) is 26.0 Å². The lowest BCUT2D eigenvalue weighted by Crippen LogP contribution is -2.10. The molecule has 0 spiro atoms. The monoisotopic (exact) mass is 229 g/mol. The van der Waals surface area contributed by atoms with E-state index in [0.717, 1.165) is 11.6 Å². The zero-order chi connectivity index (χ0) is 11.8. The van der Waals surface area contributed by atoms with Crippen LogP contribution in [0.3, 0.4) is 0 Å². The van der Waals surface area contributed by atoms with Crippen molar-refractivity contribution in [1.82, 2.24) is 0 Å². The molecule has 1 nitrogen and oxygen atoms in total. The Hall–Kier alpha value is -0.980. The van der Waals surface area contributed by atoms with Gasteiger partial charge in [-0.3, -0.25) is 0 Å². The van der Waals surface area contributed by atoms with Crippen LogP contribution in [-0.2, 0) is 12.8 Å². The van der Waals surface area contributed by atoms with Crippen LogP contribution < -0.4 is 5.73 Å². The quantitative estimate of drug-likeness (QED) is 0.761. The van der Waals surface area contributed by atoms with Gasteiger partial charge in [-0.15, -0.1) is 0 Å². The zero-order valence-electron chi connectivity index (χ0n) is 10.8. The summed E-state index contributed by atoms with van der Waals surface area (Å²) in [6.45, 7) is 2.38. The molecular formula is C16H23N. The van der Waals surface area contributed by atoms with Gasteiger partial charge in [-0.2, -0.15) is 0 Å². The molecule has 0 saturated heterocycles. The van der Waals surface area contributed by atoms with Crippen LogP contribution in [0.25, 0.3) is 0 Å². The van der Waals surface area contributed by atoms with Crippen LogP contribution in [0.4, 0.5) is 5.69 Å². The van der Waals surface area contributed by atoms with E-state index in [1.165, 1.54) is 61.6 Å². The molecule has 0 bridgehead atoms. The normalized spacial score (nSPS) is 21.7. The minimum atomic E-state index is 0.656. The van der Waals surface area contributed by atoms with Gasteiger partial charge in [0.15, 0.2) is 0 Å². The number of nitrogen functional groups attached to an aromatic ring is 1. The van der Waals surface area contributed by atoms with E-state index in [1.54, 1.807) is 0 Å². The lowest BCUT2D eigenvalue weighted by molar-refractivity contribution is 0.462. The van der Waals surface area contributed by atoms with Gasteiger partial charge in [0.2, 0.25) is 0 Å². The highest BCUT2D eigenvalue weighted by molar-refractivity contribution is 5.60. The molecule has 1 aromatic rings. The highest BCUT2D eigenvalue weighted by Gasteiger charge is 2.26. The summed E-state index contributed by atoms with van der Waals surface area (Å²) in [5.74, 6) is 1.53. The van der Waals surface area contributed by atoms with E-state index in [2.05, 4.69) is 19.1 Å². The summed E-state index contributed by atoms with van der Waals surface area (Å²) in [7, 11) is 0. The van der Waals surface area contributed by atoms with Crippen LogP contribution in [0.2, 0.25) is 0 Å². The maximum Gasteiger partial charge on any atom is 0.0384 e. The SMILES string of the molecule is CC(c1ccc2c(c1N)CCC2)C1CCCC1. The molecule has 0 aromatic heterocycles. The molecule has 1 unspecified atom stereocenters. The summed E-state index contributed by atoms with van der Waals surface area (Å²) >= 11 is 0. The predicted octanol–water partition coefficient (Wildman–Crippen LogP) is 4.05. The molecule has 0 heterocycles. The minimum absolute atomic E-state index is 0.656. The van der Waals surface area contributed by atoms with Gasteiger partial charge in [-0.25, -0.2) is 0 Å². The van der Waals surface area contributed by atoms with E-state index in [9.17, 15) is 0 Å². The number of anilines is 1. The summed E-state index contributed by atoms with van der Waals surface area (Å²) in [6.07, 6.45) is 9.36. The lowest BCUT2D eigenvalue weighted by atomic mass is 9.84. The van der Waals surface area contributed by atoms with E-state index in [4.69, 9.17) is 5.73 Å². The standard InChI is InChI=1S/C16H23N/c1-11(12-5-2-3-6-12)14-10-9-13-7-4-8-15(13)16(14)17/h9-12H,2-8,17H2,1H3. The van der Waals surface area contributed by atoms with Crippen molar-refractivity contribution in [2.45, 2.75) is 57.8 Å². The molecule has 2 aliphatic carbocycles. The smallest absolute Gasteiger partial charge is 0.0384 e. The fourth-order valence-corrected chi connectivity index (χ4v) is 3.82. The highest BCUT2D eigenvalue weighted by atomic mass is 14.6. The van der Waals surface area contributed by atoms with Crippen LogP contribution in [0.1, 0.15) is 61.6 Å². The van der Waals surface area contributed by atoms with Crippen LogP contribution >= 0.6 is 0 Å². The Morgan fingerprint density at radius 1 is 1.12 bits per heavy atom. The summed E-state index contributed by atoms with van der Waals surface area (Å²) < 4.78 is 0. The molecule has 92 valence electrons. The van der Waals surface area contributed by atoms with Crippen LogP contribution in [0.5, 0.6) is 0 Å². The Morgan fingerprint density at radius 2 is 1.88 bits per heavy atom. The van der Waals surface area contributed by atoms with E-state index in [0.29, 0.717) is 5.92 Å². The third kappa shape index (κ3) is 1.86. The second-order valence-electron chi connectivity index (χ2n) is 5.89. The van der Waals surface area contributed by atoms with Gasteiger partial charge in [0, 0.05) is 5.69 Å². The van der Waals surface area contributed by atoms with Crippen molar-refractivity contribution in [3.63, 3.8) is 0 Å². The molecule has 1 atom stereocenters. The molecule has 1 heteroatoms. The summed E-state index contributed by atoms with van der Waals surface area (Å²) in [5, 5.41) is 0. The molecule has 0 amide bonds. The van der Waals surface area contributed by atoms with Crippen molar-refractivity contribution in [2.75, 3.05) is 5.73 Å². The number of benzene rings is 1. The largest absolute Gasteiger partial charge is 0.398 e. The van der Waals surface area contributed by atoms with E-state index in [-0.39, 0.29) is 0 Å². The van der Waals surface area contributed by atoms with Crippen molar-refractivity contribution in [3.05, 3.63) is 28.8 Å². The van der Waals surface area contributed by atoms with Crippen LogP contribution in [0.15, 0.2) is 12.1 Å². The average Bonchev–Trinajstić information content (AvgIpc) is 3.00. The molecular weight excluding hydrogens is 206 g/mol. The van der Waals surface area contributed by atoms with Crippen LogP contribution in [0, 0.1) is 5.92 Å². The van der Waals surface area contributed by atoms with Gasteiger partial charge in [0.1, 0.15) is 0 Å². The predicted molar refractivity (Wildman–Crippen MR) is 73.3 cm³/mol. The van der Waals surface area contributed by atoms with Crippen LogP contribution in [-0.4, -0.2) is 0 Å². The fraction of sp³-hybridized carbons (Fsp3) is 0.625. The van der Waals surface area contributed by atoms with Crippen molar-refractivity contribution in [1.29, 1.82) is 0 Å². The highest BCUT2D eigenvalue weighted by Crippen LogP contribution is 2.41. The van der Waals surface area contributed by atoms with Gasteiger partial charge in [-0.05, 0) is 60.6 Å². The molecule has 1 saturated carbocycles. The number of hydrogen-bond donors (Lipinski definition) is 1. The third-order valence-corrected chi connectivity index (χ3v) is 4.96. The number of fused-ring (bicyclic) bond motifs is 1. The first kappa shape index (κ1) is 11.1. The summed E-state index contributed by atoms with van der Waals surface area (Å²) in [5.41, 5.74) is 11.9. The molecule has 1 aromatic carbocycles. The number of hydrogen-bond acceptors (Lipinski definition) is 1. The number of nitrogens with two attached hydrogens (primary N) is 1. The third-order valence-electron chi connectivity index (χ3n) is 4.96. The summed E-state index contributed by atoms with van der Waals surface area (Å²) in [4.78, 5) is 0. The van der Waals surface area contributed by atoms with Crippen molar-refractivity contribution < 1.29 is 0 Å². The second-order valence-corrected chi connectivity index (χ2v) is 5.89. The maximum atomic E-state index is 6.40. The van der Waals surface area contributed by atoms with E-state index in [1.807, 2.05) is 0 Å². The Bertz CT molecular complexity index is 416.